The van der Waals surface area contributed by atoms with Gasteiger partial charge in [0.25, 0.3) is 5.56 Å². The predicted octanol–water partition coefficient (Wildman–Crippen LogP) is 2.96. The fraction of sp³-hybridized carbons (Fsp3) is 0.150. The van der Waals surface area contributed by atoms with Crippen molar-refractivity contribution < 1.29 is 19.3 Å². The molecule has 2 aromatic carbocycles. The number of methoxy groups -OCH3 is 1. The Morgan fingerprint density at radius 1 is 1.24 bits per heavy atom. The van der Waals surface area contributed by atoms with E-state index in [4.69, 9.17) is 26.4 Å². The third kappa shape index (κ3) is 3.72. The van der Waals surface area contributed by atoms with Crippen molar-refractivity contribution in [1.29, 1.82) is 0 Å². The Morgan fingerprint density at radius 2 is 2.00 bits per heavy atom. The van der Waals surface area contributed by atoms with Crippen LogP contribution in [-0.4, -0.2) is 34.8 Å². The monoisotopic (exact) mass is 411 g/mol. The van der Waals surface area contributed by atoms with Crippen molar-refractivity contribution in [1.82, 2.24) is 9.55 Å². The van der Waals surface area contributed by atoms with Crippen molar-refractivity contribution in [3.63, 3.8) is 0 Å². The average molecular weight is 411 g/mol. The first kappa shape index (κ1) is 18.8. The Bertz CT molecular complexity index is 1200. The van der Waals surface area contributed by atoms with Gasteiger partial charge in [0, 0.05) is 6.21 Å². The molecule has 0 fully saturated rings. The van der Waals surface area contributed by atoms with Crippen LogP contribution in [0.3, 0.4) is 0 Å². The van der Waals surface area contributed by atoms with Crippen molar-refractivity contribution in [2.45, 2.75) is 6.54 Å². The summed E-state index contributed by atoms with van der Waals surface area (Å²) in [6.45, 7) is 0.498. The number of rotatable bonds is 5. The van der Waals surface area contributed by atoms with Crippen molar-refractivity contribution in [3.8, 4) is 28.8 Å². The van der Waals surface area contributed by atoms with Crippen molar-refractivity contribution in [2.24, 2.45) is 4.99 Å². The molecule has 0 bridgehead atoms. The van der Waals surface area contributed by atoms with E-state index in [-0.39, 0.29) is 23.0 Å². The summed E-state index contributed by atoms with van der Waals surface area (Å²) in [4.78, 5) is 19.1. The van der Waals surface area contributed by atoms with Gasteiger partial charge in [0.1, 0.15) is 11.3 Å². The molecular weight excluding hydrogens is 394 g/mol. The van der Waals surface area contributed by atoms with E-state index in [1.54, 1.807) is 37.4 Å². The quantitative estimate of drug-likeness (QED) is 0.495. The summed E-state index contributed by atoms with van der Waals surface area (Å²) < 4.78 is 17.2. The van der Waals surface area contributed by atoms with Gasteiger partial charge < -0.3 is 19.3 Å². The molecule has 2 N–H and O–H groups in total. The van der Waals surface area contributed by atoms with Crippen LogP contribution in [0.5, 0.6) is 23.1 Å². The molecule has 8 nitrogen and oxygen atoms in total. The second-order valence-electron chi connectivity index (χ2n) is 6.19. The summed E-state index contributed by atoms with van der Waals surface area (Å²) in [7, 11) is 1.56. The van der Waals surface area contributed by atoms with Crippen LogP contribution in [0.1, 0.15) is 11.1 Å². The number of aromatic amines is 1. The SMILES string of the molecule is COc1ccc(-n2c(O)c(C=NCc3ccc4c(c3)OCO4)c(=O)[nH]c2=S)cc1. The van der Waals surface area contributed by atoms with Gasteiger partial charge in [-0.2, -0.15) is 0 Å². The number of nitrogens with zero attached hydrogens (tertiary/aromatic N) is 2. The molecule has 1 aliphatic heterocycles. The maximum absolute atomic E-state index is 12.3. The zero-order valence-electron chi connectivity index (χ0n) is 15.4. The summed E-state index contributed by atoms with van der Waals surface area (Å²) in [6, 6.07) is 12.4. The summed E-state index contributed by atoms with van der Waals surface area (Å²) >= 11 is 5.21. The Morgan fingerprint density at radius 3 is 2.76 bits per heavy atom. The molecule has 0 saturated heterocycles. The highest BCUT2D eigenvalue weighted by molar-refractivity contribution is 7.71. The summed E-state index contributed by atoms with van der Waals surface area (Å²) in [5, 5.41) is 10.7. The van der Waals surface area contributed by atoms with E-state index in [0.717, 1.165) is 5.56 Å². The number of hydrogen-bond donors (Lipinski definition) is 2. The molecule has 1 aromatic heterocycles. The molecular formula is C20H17N3O5S. The summed E-state index contributed by atoms with van der Waals surface area (Å²) in [6.07, 6.45) is 1.33. The number of aromatic hydroxyl groups is 1. The minimum Gasteiger partial charge on any atom is -0.497 e. The second-order valence-corrected chi connectivity index (χ2v) is 6.57. The van der Waals surface area contributed by atoms with Crippen molar-refractivity contribution in [2.75, 3.05) is 13.9 Å². The molecule has 0 saturated carbocycles. The molecule has 29 heavy (non-hydrogen) atoms. The summed E-state index contributed by atoms with van der Waals surface area (Å²) in [5.41, 5.74) is 0.946. The molecule has 0 atom stereocenters. The van der Waals surface area contributed by atoms with Crippen LogP contribution < -0.4 is 19.8 Å². The molecule has 1 aliphatic rings. The van der Waals surface area contributed by atoms with Crippen LogP contribution in [0.15, 0.2) is 52.3 Å². The predicted molar refractivity (Wildman–Crippen MR) is 109 cm³/mol. The summed E-state index contributed by atoms with van der Waals surface area (Å²) in [5.74, 6) is 1.72. The minimum atomic E-state index is -0.522. The number of fused-ring (bicyclic) bond motifs is 1. The third-order valence-electron chi connectivity index (χ3n) is 4.38. The Kier molecular flexibility index (Phi) is 5.05. The maximum Gasteiger partial charge on any atom is 0.264 e. The highest BCUT2D eigenvalue weighted by Gasteiger charge is 2.14. The molecule has 0 unspecified atom stereocenters. The number of ether oxygens (including phenoxy) is 3. The lowest BCUT2D eigenvalue weighted by Gasteiger charge is -2.11. The average Bonchev–Trinajstić information content (AvgIpc) is 3.18. The Labute approximate surface area is 170 Å². The molecule has 3 aromatic rings. The molecule has 0 radical (unpaired) electrons. The standard InChI is InChI=1S/C20H17N3O5S/c1-26-14-5-3-13(4-6-14)23-19(25)15(18(24)22-20(23)29)10-21-9-12-2-7-16-17(8-12)28-11-27-16/h2-8,10,25H,9,11H2,1H3,(H,22,24,29). The van der Waals surface area contributed by atoms with E-state index >= 15 is 0 Å². The van der Waals surface area contributed by atoms with E-state index in [1.807, 2.05) is 12.1 Å². The maximum atomic E-state index is 12.3. The molecule has 148 valence electrons. The highest BCUT2D eigenvalue weighted by atomic mass is 32.1. The van der Waals surface area contributed by atoms with Crippen LogP contribution in [0.25, 0.3) is 5.69 Å². The normalized spacial score (nSPS) is 12.4. The molecule has 4 rings (SSSR count). The van der Waals surface area contributed by atoms with Gasteiger partial charge in [0.15, 0.2) is 16.3 Å². The molecule has 0 amide bonds. The van der Waals surface area contributed by atoms with Crippen LogP contribution in [0.4, 0.5) is 0 Å². The lowest BCUT2D eigenvalue weighted by Crippen LogP contribution is -2.18. The van der Waals surface area contributed by atoms with Crippen LogP contribution in [0.2, 0.25) is 0 Å². The van der Waals surface area contributed by atoms with Gasteiger partial charge in [-0.3, -0.25) is 19.3 Å². The molecule has 0 spiro atoms. The third-order valence-corrected chi connectivity index (χ3v) is 4.67. The molecule has 0 aliphatic carbocycles. The van der Waals surface area contributed by atoms with Crippen molar-refractivity contribution >= 4 is 18.4 Å². The van der Waals surface area contributed by atoms with Gasteiger partial charge >= 0.3 is 0 Å². The van der Waals surface area contributed by atoms with Gasteiger partial charge in [-0.1, -0.05) is 6.07 Å². The number of aromatic nitrogens is 2. The first-order valence-electron chi connectivity index (χ1n) is 8.68. The Hall–Kier alpha value is -3.59. The zero-order chi connectivity index (χ0) is 20.4. The smallest absolute Gasteiger partial charge is 0.264 e. The lowest BCUT2D eigenvalue weighted by molar-refractivity contribution is 0.174. The number of H-pyrrole nitrogens is 1. The van der Waals surface area contributed by atoms with E-state index in [1.165, 1.54) is 10.8 Å². The van der Waals surface area contributed by atoms with E-state index in [0.29, 0.717) is 29.5 Å². The Balaban J connectivity index is 1.64. The number of aliphatic imine (C=N–C) groups is 1. The topological polar surface area (TPSA) is 98.1 Å². The first-order valence-corrected chi connectivity index (χ1v) is 9.08. The fourth-order valence-corrected chi connectivity index (χ4v) is 3.19. The highest BCUT2D eigenvalue weighted by Crippen LogP contribution is 2.32. The van der Waals surface area contributed by atoms with Gasteiger partial charge in [-0.05, 0) is 54.2 Å². The van der Waals surface area contributed by atoms with Crippen LogP contribution >= 0.6 is 12.2 Å². The number of nitrogens with one attached hydrogen (secondary N) is 1. The zero-order valence-corrected chi connectivity index (χ0v) is 16.2. The molecule has 9 heteroatoms. The van der Waals surface area contributed by atoms with Gasteiger partial charge in [0.05, 0.1) is 19.3 Å². The van der Waals surface area contributed by atoms with Gasteiger partial charge in [0.2, 0.25) is 12.7 Å². The first-order chi connectivity index (χ1) is 14.1. The minimum absolute atomic E-state index is 0.00941. The fourth-order valence-electron chi connectivity index (χ4n) is 2.91. The lowest BCUT2D eigenvalue weighted by atomic mass is 10.2. The largest absolute Gasteiger partial charge is 0.497 e. The van der Waals surface area contributed by atoms with E-state index < -0.39 is 5.56 Å². The van der Waals surface area contributed by atoms with E-state index in [9.17, 15) is 9.90 Å². The molecule has 2 heterocycles. The number of hydrogen-bond acceptors (Lipinski definition) is 7. The van der Waals surface area contributed by atoms with Crippen LogP contribution in [-0.2, 0) is 6.54 Å². The van der Waals surface area contributed by atoms with Crippen LogP contribution in [0, 0.1) is 4.77 Å². The van der Waals surface area contributed by atoms with E-state index in [2.05, 4.69) is 9.98 Å². The van der Waals surface area contributed by atoms with Crippen molar-refractivity contribution in [3.05, 3.63) is 68.7 Å². The number of benzene rings is 2. The van der Waals surface area contributed by atoms with Gasteiger partial charge in [-0.15, -0.1) is 0 Å². The van der Waals surface area contributed by atoms with Gasteiger partial charge in [-0.25, -0.2) is 0 Å². The second kappa shape index (κ2) is 7.80.